The zero-order valence-electron chi connectivity index (χ0n) is 19.7. The zero-order chi connectivity index (χ0) is 25.5. The van der Waals surface area contributed by atoms with Gasteiger partial charge in [-0.05, 0) is 86.7 Å². The maximum Gasteiger partial charge on any atom is 0.252 e. The van der Waals surface area contributed by atoms with E-state index in [1.54, 1.807) is 24.3 Å². The highest BCUT2D eigenvalue weighted by atomic mass is 19.1. The van der Waals surface area contributed by atoms with Crippen molar-refractivity contribution in [3.63, 3.8) is 0 Å². The third-order valence-electron chi connectivity index (χ3n) is 5.43. The van der Waals surface area contributed by atoms with Crippen molar-refractivity contribution in [2.75, 3.05) is 38.7 Å². The van der Waals surface area contributed by atoms with Crippen LogP contribution in [0.15, 0.2) is 54.6 Å². The molecule has 0 saturated carbocycles. The Morgan fingerprint density at radius 3 is 2.29 bits per heavy atom. The molecule has 1 heterocycles. The molecule has 0 aliphatic carbocycles. The lowest BCUT2D eigenvalue weighted by atomic mass is 9.92. The number of hydrogen-bond acceptors (Lipinski definition) is 5. The second-order valence-corrected chi connectivity index (χ2v) is 8.40. The Labute approximate surface area is 203 Å². The Morgan fingerprint density at radius 1 is 1.00 bits per heavy atom. The third kappa shape index (κ3) is 6.54. The number of benzene rings is 3. The summed E-state index contributed by atoms with van der Waals surface area (Å²) in [4.78, 5) is 26.9. The number of nitrogen functional groups attached to an aromatic ring is 2. The fraction of sp³-hybridized carbons (Fsp3) is 0.231. The Kier molecular flexibility index (Phi) is 8.38. The van der Waals surface area contributed by atoms with Crippen LogP contribution in [0, 0.1) is 11.6 Å². The molecule has 0 fully saturated rings. The first kappa shape index (κ1) is 25.6. The van der Waals surface area contributed by atoms with E-state index in [1.165, 1.54) is 30.3 Å². The molecular weight excluding hydrogens is 452 g/mol. The standard InChI is InChI=1S/C20H23FN4O2.C6H6FN/c1-25(2)9-3-8-23-19(26)15-7-6-13(16-11-24-20(27)18(15)16)14-5-4-12(22)10-17(14)21;7-5-1-3-6(8)4-2-5/h4-7,10H,3,8-9,11,22H2,1-2H3,(H,23,26)(H,24,27);1-4H,8H2. The van der Waals surface area contributed by atoms with Gasteiger partial charge in [-0.2, -0.15) is 0 Å². The van der Waals surface area contributed by atoms with Gasteiger partial charge in [0.05, 0.1) is 11.1 Å². The highest BCUT2D eigenvalue weighted by Crippen LogP contribution is 2.33. The fourth-order valence-electron chi connectivity index (χ4n) is 3.69. The van der Waals surface area contributed by atoms with Gasteiger partial charge in [-0.1, -0.05) is 6.07 Å². The average Bonchev–Trinajstić information content (AvgIpc) is 3.20. The van der Waals surface area contributed by atoms with E-state index in [0.717, 1.165) is 13.0 Å². The lowest BCUT2D eigenvalue weighted by Gasteiger charge is -2.13. The van der Waals surface area contributed by atoms with Crippen molar-refractivity contribution in [3.8, 4) is 11.1 Å². The second kappa shape index (κ2) is 11.4. The number of halogens is 2. The van der Waals surface area contributed by atoms with Crippen molar-refractivity contribution in [1.82, 2.24) is 15.5 Å². The molecule has 0 bridgehead atoms. The molecule has 2 amide bonds. The van der Waals surface area contributed by atoms with Gasteiger partial charge >= 0.3 is 0 Å². The SMILES string of the molecule is CN(C)CCCNC(=O)c1ccc(-c2ccc(N)cc2F)c2c1C(=O)NC2.Nc1ccc(F)cc1. The second-order valence-electron chi connectivity index (χ2n) is 8.40. The molecule has 4 rings (SSSR count). The predicted octanol–water partition coefficient (Wildman–Crippen LogP) is 3.41. The highest BCUT2D eigenvalue weighted by molar-refractivity contribution is 6.11. The van der Waals surface area contributed by atoms with E-state index in [2.05, 4.69) is 10.6 Å². The van der Waals surface area contributed by atoms with Gasteiger partial charge < -0.3 is 27.0 Å². The summed E-state index contributed by atoms with van der Waals surface area (Å²) in [6.45, 7) is 1.63. The van der Waals surface area contributed by atoms with Crippen molar-refractivity contribution in [2.24, 2.45) is 0 Å². The fourth-order valence-corrected chi connectivity index (χ4v) is 3.69. The molecule has 7 nitrogen and oxygen atoms in total. The molecule has 0 atom stereocenters. The number of amides is 2. The molecule has 9 heteroatoms. The van der Waals surface area contributed by atoms with Gasteiger partial charge in [-0.25, -0.2) is 8.78 Å². The van der Waals surface area contributed by atoms with Crippen molar-refractivity contribution < 1.29 is 18.4 Å². The number of hydrogen-bond donors (Lipinski definition) is 4. The summed E-state index contributed by atoms with van der Waals surface area (Å²) >= 11 is 0. The molecule has 3 aromatic carbocycles. The van der Waals surface area contributed by atoms with Gasteiger partial charge in [0, 0.05) is 30.0 Å². The van der Waals surface area contributed by atoms with Gasteiger partial charge in [0.1, 0.15) is 11.6 Å². The van der Waals surface area contributed by atoms with E-state index < -0.39 is 5.82 Å². The van der Waals surface area contributed by atoms with Crippen LogP contribution in [0.4, 0.5) is 20.2 Å². The van der Waals surface area contributed by atoms with E-state index in [-0.39, 0.29) is 24.2 Å². The first-order valence-corrected chi connectivity index (χ1v) is 11.1. The van der Waals surface area contributed by atoms with Crippen LogP contribution in [-0.2, 0) is 6.54 Å². The van der Waals surface area contributed by atoms with E-state index in [9.17, 15) is 18.4 Å². The topological polar surface area (TPSA) is 113 Å². The first-order chi connectivity index (χ1) is 16.7. The molecule has 184 valence electrons. The van der Waals surface area contributed by atoms with Crippen LogP contribution in [0.5, 0.6) is 0 Å². The molecular formula is C26H29F2N5O2. The minimum atomic E-state index is -0.461. The molecule has 35 heavy (non-hydrogen) atoms. The summed E-state index contributed by atoms with van der Waals surface area (Å²) in [6, 6.07) is 13.4. The summed E-state index contributed by atoms with van der Waals surface area (Å²) in [5.41, 5.74) is 14.0. The largest absolute Gasteiger partial charge is 0.399 e. The van der Waals surface area contributed by atoms with Crippen LogP contribution >= 0.6 is 0 Å². The maximum atomic E-state index is 14.4. The minimum Gasteiger partial charge on any atom is -0.399 e. The van der Waals surface area contributed by atoms with Crippen LogP contribution in [0.25, 0.3) is 11.1 Å². The van der Waals surface area contributed by atoms with Crippen LogP contribution < -0.4 is 22.1 Å². The molecule has 1 aliphatic heterocycles. The summed E-state index contributed by atoms with van der Waals surface area (Å²) < 4.78 is 26.4. The molecule has 0 radical (unpaired) electrons. The lowest BCUT2D eigenvalue weighted by Crippen LogP contribution is -2.28. The predicted molar refractivity (Wildman–Crippen MR) is 134 cm³/mol. The molecule has 0 spiro atoms. The van der Waals surface area contributed by atoms with Crippen LogP contribution in [-0.4, -0.2) is 43.9 Å². The Bertz CT molecular complexity index is 1190. The number of nitrogens with zero attached hydrogens (tertiary/aromatic N) is 1. The normalized spacial score (nSPS) is 12.0. The third-order valence-corrected chi connectivity index (χ3v) is 5.43. The van der Waals surface area contributed by atoms with E-state index >= 15 is 0 Å². The van der Waals surface area contributed by atoms with Gasteiger partial charge in [-0.15, -0.1) is 0 Å². The van der Waals surface area contributed by atoms with Crippen LogP contribution in [0.2, 0.25) is 0 Å². The number of fused-ring (bicyclic) bond motifs is 1. The molecule has 1 aliphatic rings. The molecule has 0 unspecified atom stereocenters. The van der Waals surface area contributed by atoms with Crippen molar-refractivity contribution in [1.29, 1.82) is 0 Å². The number of nitrogens with two attached hydrogens (primary N) is 2. The Balaban J connectivity index is 0.000000363. The van der Waals surface area contributed by atoms with Gasteiger partial charge in [0.25, 0.3) is 11.8 Å². The quantitative estimate of drug-likeness (QED) is 0.318. The molecule has 3 aromatic rings. The average molecular weight is 482 g/mol. The zero-order valence-corrected chi connectivity index (χ0v) is 19.7. The van der Waals surface area contributed by atoms with E-state index in [0.29, 0.717) is 45.7 Å². The van der Waals surface area contributed by atoms with Crippen molar-refractivity contribution in [2.45, 2.75) is 13.0 Å². The smallest absolute Gasteiger partial charge is 0.252 e. The Hall–Kier alpha value is -3.98. The number of anilines is 2. The van der Waals surface area contributed by atoms with Gasteiger partial charge in [0.15, 0.2) is 0 Å². The number of nitrogens with one attached hydrogen (secondary N) is 2. The highest BCUT2D eigenvalue weighted by Gasteiger charge is 2.29. The number of carbonyl (C=O) groups is 2. The first-order valence-electron chi connectivity index (χ1n) is 11.1. The monoisotopic (exact) mass is 481 g/mol. The van der Waals surface area contributed by atoms with Crippen molar-refractivity contribution >= 4 is 23.2 Å². The number of carbonyl (C=O) groups excluding carboxylic acids is 2. The van der Waals surface area contributed by atoms with Gasteiger partial charge in [0.2, 0.25) is 0 Å². The summed E-state index contributed by atoms with van der Waals surface area (Å²) in [5, 5.41) is 5.58. The maximum absolute atomic E-state index is 14.4. The minimum absolute atomic E-state index is 0.251. The molecule has 0 aromatic heterocycles. The van der Waals surface area contributed by atoms with Crippen molar-refractivity contribution in [3.05, 3.63) is 82.9 Å². The molecule has 6 N–H and O–H groups in total. The summed E-state index contributed by atoms with van der Waals surface area (Å²) in [7, 11) is 3.93. The Morgan fingerprint density at radius 2 is 1.66 bits per heavy atom. The van der Waals surface area contributed by atoms with Crippen LogP contribution in [0.3, 0.4) is 0 Å². The number of rotatable bonds is 6. The van der Waals surface area contributed by atoms with Gasteiger partial charge in [-0.3, -0.25) is 9.59 Å². The van der Waals surface area contributed by atoms with Crippen LogP contribution in [0.1, 0.15) is 32.7 Å². The summed E-state index contributed by atoms with van der Waals surface area (Å²) in [5.74, 6) is -1.33. The van der Waals surface area contributed by atoms with E-state index in [4.69, 9.17) is 11.5 Å². The molecule has 0 saturated heterocycles. The van der Waals surface area contributed by atoms with E-state index in [1.807, 2.05) is 19.0 Å². The lowest BCUT2D eigenvalue weighted by molar-refractivity contribution is 0.0926. The summed E-state index contributed by atoms with van der Waals surface area (Å²) in [6.07, 6.45) is 0.807.